The van der Waals surface area contributed by atoms with Crippen LogP contribution in [-0.2, 0) is 14.3 Å². The van der Waals surface area contributed by atoms with E-state index in [0.717, 1.165) is 39.0 Å². The van der Waals surface area contributed by atoms with Gasteiger partial charge in [-0.3, -0.25) is 14.5 Å². The van der Waals surface area contributed by atoms with Crippen LogP contribution < -0.4 is 5.32 Å². The third-order valence-electron chi connectivity index (χ3n) is 5.28. The van der Waals surface area contributed by atoms with Crippen molar-refractivity contribution in [1.29, 1.82) is 0 Å². The molecular formula is C15H25N3O3. The third kappa shape index (κ3) is 3.06. The SMILES string of the molecule is CN1CCN(CC(=O)NC[C@]23CCC[C@H]2OCC3)CC1=O. The molecule has 118 valence electrons. The van der Waals surface area contributed by atoms with E-state index in [-0.39, 0.29) is 17.2 Å². The molecule has 2 heterocycles. The van der Waals surface area contributed by atoms with Gasteiger partial charge in [-0.15, -0.1) is 0 Å². The Balaban J connectivity index is 1.45. The fourth-order valence-corrected chi connectivity index (χ4v) is 3.82. The Morgan fingerprint density at radius 1 is 1.43 bits per heavy atom. The van der Waals surface area contributed by atoms with Gasteiger partial charge in [-0.1, -0.05) is 6.42 Å². The summed E-state index contributed by atoms with van der Waals surface area (Å²) in [5, 5.41) is 3.07. The van der Waals surface area contributed by atoms with Crippen LogP contribution in [0.5, 0.6) is 0 Å². The standard InChI is InChI=1S/C15H25N3O3/c1-17-6-7-18(10-14(17)20)9-13(19)16-11-15-4-2-3-12(15)21-8-5-15/h12H,2-11H2,1H3,(H,16,19)/t12-,15-/m1/s1. The van der Waals surface area contributed by atoms with Crippen LogP contribution in [0.4, 0.5) is 0 Å². The van der Waals surface area contributed by atoms with Crippen molar-refractivity contribution >= 4 is 11.8 Å². The second-order valence-electron chi connectivity index (χ2n) is 6.67. The lowest BCUT2D eigenvalue weighted by atomic mass is 9.83. The van der Waals surface area contributed by atoms with E-state index < -0.39 is 0 Å². The largest absolute Gasteiger partial charge is 0.378 e. The number of amides is 2. The Morgan fingerprint density at radius 2 is 2.29 bits per heavy atom. The van der Waals surface area contributed by atoms with Crippen molar-refractivity contribution in [1.82, 2.24) is 15.1 Å². The van der Waals surface area contributed by atoms with Crippen LogP contribution in [0.3, 0.4) is 0 Å². The number of nitrogens with zero attached hydrogens (tertiary/aromatic N) is 2. The molecule has 0 radical (unpaired) electrons. The molecule has 0 aromatic carbocycles. The summed E-state index contributed by atoms with van der Waals surface area (Å²) in [4.78, 5) is 27.4. The Kier molecular flexibility index (Phi) is 4.17. The topological polar surface area (TPSA) is 61.9 Å². The van der Waals surface area contributed by atoms with Gasteiger partial charge >= 0.3 is 0 Å². The smallest absolute Gasteiger partial charge is 0.236 e. The van der Waals surface area contributed by atoms with E-state index in [0.29, 0.717) is 25.7 Å². The van der Waals surface area contributed by atoms with Gasteiger partial charge in [0.25, 0.3) is 0 Å². The number of fused-ring (bicyclic) bond motifs is 1. The number of piperazine rings is 1. The molecule has 0 spiro atoms. The van der Waals surface area contributed by atoms with Crippen LogP contribution in [0.2, 0.25) is 0 Å². The first kappa shape index (κ1) is 14.8. The zero-order valence-electron chi connectivity index (χ0n) is 12.8. The monoisotopic (exact) mass is 295 g/mol. The van der Waals surface area contributed by atoms with Gasteiger partial charge in [0.1, 0.15) is 0 Å². The van der Waals surface area contributed by atoms with Crippen LogP contribution in [-0.4, -0.2) is 74.1 Å². The van der Waals surface area contributed by atoms with Gasteiger partial charge in [0.05, 0.1) is 19.2 Å². The molecule has 2 aliphatic heterocycles. The van der Waals surface area contributed by atoms with Crippen LogP contribution >= 0.6 is 0 Å². The molecule has 3 fully saturated rings. The van der Waals surface area contributed by atoms with E-state index in [1.54, 1.807) is 11.9 Å². The van der Waals surface area contributed by atoms with Crippen molar-refractivity contribution in [3.63, 3.8) is 0 Å². The maximum absolute atomic E-state index is 12.1. The van der Waals surface area contributed by atoms with Gasteiger partial charge in [-0.25, -0.2) is 0 Å². The van der Waals surface area contributed by atoms with E-state index in [4.69, 9.17) is 4.74 Å². The second-order valence-corrected chi connectivity index (χ2v) is 6.67. The minimum atomic E-state index is 0.0271. The van der Waals surface area contributed by atoms with Crippen molar-refractivity contribution in [2.75, 3.05) is 46.4 Å². The lowest BCUT2D eigenvalue weighted by Gasteiger charge is -2.32. The highest BCUT2D eigenvalue weighted by molar-refractivity contribution is 5.81. The van der Waals surface area contributed by atoms with Crippen LogP contribution in [0.15, 0.2) is 0 Å². The zero-order chi connectivity index (χ0) is 14.9. The predicted octanol–water partition coefficient (Wildman–Crippen LogP) is -0.164. The summed E-state index contributed by atoms with van der Waals surface area (Å²) in [5.74, 6) is 0.118. The molecule has 2 saturated heterocycles. The summed E-state index contributed by atoms with van der Waals surface area (Å²) in [6, 6.07) is 0. The van der Waals surface area contributed by atoms with E-state index in [9.17, 15) is 9.59 Å². The van der Waals surface area contributed by atoms with Crippen molar-refractivity contribution in [2.45, 2.75) is 31.8 Å². The van der Waals surface area contributed by atoms with Crippen molar-refractivity contribution < 1.29 is 14.3 Å². The molecule has 1 N–H and O–H groups in total. The quantitative estimate of drug-likeness (QED) is 0.782. The number of likely N-dealkylation sites (N-methyl/N-ethyl adjacent to an activating group) is 1. The van der Waals surface area contributed by atoms with Crippen molar-refractivity contribution in [3.05, 3.63) is 0 Å². The fourth-order valence-electron chi connectivity index (χ4n) is 3.82. The minimum absolute atomic E-state index is 0.0271. The van der Waals surface area contributed by atoms with E-state index in [1.165, 1.54) is 6.42 Å². The Hall–Kier alpha value is -1.14. The first-order valence-corrected chi connectivity index (χ1v) is 7.94. The highest BCUT2D eigenvalue weighted by Gasteiger charge is 2.47. The van der Waals surface area contributed by atoms with E-state index in [1.807, 2.05) is 4.90 Å². The average Bonchev–Trinajstić information content (AvgIpc) is 3.00. The summed E-state index contributed by atoms with van der Waals surface area (Å²) in [7, 11) is 1.80. The molecule has 0 unspecified atom stereocenters. The highest BCUT2D eigenvalue weighted by atomic mass is 16.5. The van der Waals surface area contributed by atoms with Gasteiger partial charge in [0.2, 0.25) is 11.8 Å². The molecule has 21 heavy (non-hydrogen) atoms. The molecular weight excluding hydrogens is 270 g/mol. The fraction of sp³-hybridized carbons (Fsp3) is 0.867. The Bertz CT molecular complexity index is 416. The van der Waals surface area contributed by atoms with Gasteiger partial charge in [-0.2, -0.15) is 0 Å². The minimum Gasteiger partial charge on any atom is -0.378 e. The van der Waals surface area contributed by atoms with E-state index >= 15 is 0 Å². The molecule has 0 bridgehead atoms. The molecule has 6 nitrogen and oxygen atoms in total. The summed E-state index contributed by atoms with van der Waals surface area (Å²) in [6.45, 7) is 3.69. The molecule has 3 rings (SSSR count). The number of hydrogen-bond acceptors (Lipinski definition) is 4. The number of rotatable bonds is 4. The van der Waals surface area contributed by atoms with Crippen LogP contribution in [0.25, 0.3) is 0 Å². The number of carbonyl (C=O) groups is 2. The first-order chi connectivity index (χ1) is 10.1. The van der Waals surface area contributed by atoms with Gasteiger partial charge in [0, 0.05) is 38.7 Å². The lowest BCUT2D eigenvalue weighted by Crippen LogP contribution is -2.52. The number of nitrogens with one attached hydrogen (secondary N) is 1. The van der Waals surface area contributed by atoms with E-state index in [2.05, 4.69) is 5.32 Å². The summed E-state index contributed by atoms with van der Waals surface area (Å²) in [6.07, 6.45) is 4.88. The Labute approximate surface area is 125 Å². The van der Waals surface area contributed by atoms with Gasteiger partial charge in [-0.05, 0) is 19.3 Å². The highest BCUT2D eigenvalue weighted by Crippen LogP contribution is 2.46. The third-order valence-corrected chi connectivity index (χ3v) is 5.28. The summed E-state index contributed by atoms with van der Waals surface area (Å²) >= 11 is 0. The maximum Gasteiger partial charge on any atom is 0.236 e. The lowest BCUT2D eigenvalue weighted by molar-refractivity contribution is -0.135. The van der Waals surface area contributed by atoms with Crippen LogP contribution in [0.1, 0.15) is 25.7 Å². The Morgan fingerprint density at radius 3 is 3.10 bits per heavy atom. The van der Waals surface area contributed by atoms with Crippen molar-refractivity contribution in [3.8, 4) is 0 Å². The number of ether oxygens (including phenoxy) is 1. The molecule has 2 atom stereocenters. The zero-order valence-corrected chi connectivity index (χ0v) is 12.8. The molecule has 1 aliphatic carbocycles. The summed E-state index contributed by atoms with van der Waals surface area (Å²) in [5.41, 5.74) is 0.174. The molecule has 1 saturated carbocycles. The normalized spacial score (nSPS) is 33.3. The maximum atomic E-state index is 12.1. The number of hydrogen-bond donors (Lipinski definition) is 1. The molecule has 2 amide bonds. The molecule has 0 aromatic rings. The molecule has 0 aromatic heterocycles. The first-order valence-electron chi connectivity index (χ1n) is 7.94. The molecule has 3 aliphatic rings. The number of carbonyl (C=O) groups excluding carboxylic acids is 2. The predicted molar refractivity (Wildman–Crippen MR) is 77.7 cm³/mol. The summed E-state index contributed by atoms with van der Waals surface area (Å²) < 4.78 is 5.78. The van der Waals surface area contributed by atoms with Gasteiger partial charge < -0.3 is 15.0 Å². The van der Waals surface area contributed by atoms with Crippen LogP contribution in [0, 0.1) is 5.41 Å². The molecule has 6 heteroatoms. The van der Waals surface area contributed by atoms with Gasteiger partial charge in [0.15, 0.2) is 0 Å². The second kappa shape index (κ2) is 5.93. The average molecular weight is 295 g/mol. The van der Waals surface area contributed by atoms with Crippen molar-refractivity contribution in [2.24, 2.45) is 5.41 Å².